The van der Waals surface area contributed by atoms with Crippen LogP contribution in [0, 0.1) is 0 Å². The maximum atomic E-state index is 11.4. The SMILES string of the molecule is CCCCc1nc(CCCC)n(Cc2ccc(-c3cccnc3C(=O)O)cc2)n1. The Balaban J connectivity index is 1.81. The summed E-state index contributed by atoms with van der Waals surface area (Å²) in [5.74, 6) is 0.950. The van der Waals surface area contributed by atoms with Crippen molar-refractivity contribution in [2.24, 2.45) is 0 Å². The number of benzene rings is 1. The Kier molecular flexibility index (Phi) is 7.11. The van der Waals surface area contributed by atoms with Gasteiger partial charge in [0.2, 0.25) is 0 Å². The first-order valence-electron chi connectivity index (χ1n) is 10.3. The Morgan fingerprint density at radius 2 is 1.76 bits per heavy atom. The number of aromatic nitrogens is 4. The highest BCUT2D eigenvalue weighted by molar-refractivity contribution is 5.93. The van der Waals surface area contributed by atoms with Crippen molar-refractivity contribution >= 4 is 5.97 Å². The van der Waals surface area contributed by atoms with Crippen molar-refractivity contribution in [1.82, 2.24) is 19.7 Å². The highest BCUT2D eigenvalue weighted by Gasteiger charge is 2.13. The van der Waals surface area contributed by atoms with E-state index >= 15 is 0 Å². The van der Waals surface area contributed by atoms with E-state index in [-0.39, 0.29) is 5.69 Å². The summed E-state index contributed by atoms with van der Waals surface area (Å²) in [4.78, 5) is 20.2. The zero-order chi connectivity index (χ0) is 20.6. The fraction of sp³-hybridized carbons (Fsp3) is 0.391. The van der Waals surface area contributed by atoms with Gasteiger partial charge >= 0.3 is 5.97 Å². The smallest absolute Gasteiger partial charge is 0.355 e. The number of unbranched alkanes of at least 4 members (excludes halogenated alkanes) is 2. The van der Waals surface area contributed by atoms with Crippen molar-refractivity contribution in [3.63, 3.8) is 0 Å². The molecule has 0 saturated carbocycles. The van der Waals surface area contributed by atoms with Crippen LogP contribution >= 0.6 is 0 Å². The Bertz CT molecular complexity index is 948. The number of aryl methyl sites for hydroxylation is 2. The summed E-state index contributed by atoms with van der Waals surface area (Å²) >= 11 is 0. The van der Waals surface area contributed by atoms with Crippen LogP contribution in [0.4, 0.5) is 0 Å². The number of hydrogen-bond donors (Lipinski definition) is 1. The standard InChI is InChI=1S/C23H28N4O2/c1-3-5-9-20-25-21(10-6-4-2)27(26-20)16-17-11-13-18(14-12-17)19-8-7-15-24-22(19)23(28)29/h7-8,11-15H,3-6,9-10,16H2,1-2H3,(H,28,29). The molecule has 0 aliphatic rings. The van der Waals surface area contributed by atoms with Crippen LogP contribution < -0.4 is 0 Å². The molecule has 0 aliphatic heterocycles. The second-order valence-electron chi connectivity index (χ2n) is 7.21. The lowest BCUT2D eigenvalue weighted by molar-refractivity contribution is 0.0691. The van der Waals surface area contributed by atoms with E-state index in [2.05, 4.69) is 18.8 Å². The van der Waals surface area contributed by atoms with Crippen LogP contribution in [0.3, 0.4) is 0 Å². The molecule has 6 heteroatoms. The highest BCUT2D eigenvalue weighted by Crippen LogP contribution is 2.23. The minimum atomic E-state index is -1.02. The van der Waals surface area contributed by atoms with Gasteiger partial charge in [-0.15, -0.1) is 0 Å². The van der Waals surface area contributed by atoms with Gasteiger partial charge in [0, 0.05) is 24.6 Å². The van der Waals surface area contributed by atoms with Crippen molar-refractivity contribution in [2.45, 2.75) is 58.9 Å². The summed E-state index contributed by atoms with van der Waals surface area (Å²) in [6.07, 6.45) is 7.81. The topological polar surface area (TPSA) is 80.9 Å². The molecule has 2 heterocycles. The Morgan fingerprint density at radius 1 is 1.03 bits per heavy atom. The lowest BCUT2D eigenvalue weighted by atomic mass is 10.0. The largest absolute Gasteiger partial charge is 0.476 e. The first-order chi connectivity index (χ1) is 14.1. The molecule has 2 aromatic heterocycles. The van der Waals surface area contributed by atoms with Gasteiger partial charge in [0.15, 0.2) is 11.5 Å². The van der Waals surface area contributed by atoms with E-state index in [1.54, 1.807) is 12.1 Å². The van der Waals surface area contributed by atoms with Crippen LogP contribution in [0.25, 0.3) is 11.1 Å². The van der Waals surface area contributed by atoms with Crippen molar-refractivity contribution in [3.8, 4) is 11.1 Å². The molecule has 3 aromatic rings. The van der Waals surface area contributed by atoms with Gasteiger partial charge in [-0.3, -0.25) is 0 Å². The Morgan fingerprint density at radius 3 is 2.45 bits per heavy atom. The lowest BCUT2D eigenvalue weighted by Crippen LogP contribution is -2.07. The molecule has 1 aromatic carbocycles. The summed E-state index contributed by atoms with van der Waals surface area (Å²) in [6, 6.07) is 11.5. The molecule has 0 bridgehead atoms. The summed E-state index contributed by atoms with van der Waals surface area (Å²) in [7, 11) is 0. The molecule has 1 N–H and O–H groups in total. The van der Waals surface area contributed by atoms with E-state index in [4.69, 9.17) is 10.1 Å². The molecule has 6 nitrogen and oxygen atoms in total. The van der Waals surface area contributed by atoms with Gasteiger partial charge in [0.25, 0.3) is 0 Å². The summed E-state index contributed by atoms with van der Waals surface area (Å²) in [5, 5.41) is 14.1. The maximum Gasteiger partial charge on any atom is 0.355 e. The van der Waals surface area contributed by atoms with Crippen LogP contribution in [0.15, 0.2) is 42.6 Å². The highest BCUT2D eigenvalue weighted by atomic mass is 16.4. The first-order valence-corrected chi connectivity index (χ1v) is 10.3. The molecule has 29 heavy (non-hydrogen) atoms. The van der Waals surface area contributed by atoms with E-state index in [0.29, 0.717) is 12.1 Å². The zero-order valence-electron chi connectivity index (χ0n) is 17.1. The van der Waals surface area contributed by atoms with Gasteiger partial charge in [0.1, 0.15) is 5.82 Å². The summed E-state index contributed by atoms with van der Waals surface area (Å²) in [6.45, 7) is 5.02. The molecular formula is C23H28N4O2. The molecular weight excluding hydrogens is 364 g/mol. The van der Waals surface area contributed by atoms with E-state index in [9.17, 15) is 9.90 Å². The second-order valence-corrected chi connectivity index (χ2v) is 7.21. The average Bonchev–Trinajstić information content (AvgIpc) is 3.12. The number of carboxylic acid groups (broad SMARTS) is 1. The van der Waals surface area contributed by atoms with Crippen molar-refractivity contribution in [1.29, 1.82) is 0 Å². The molecule has 0 radical (unpaired) electrons. The quantitative estimate of drug-likeness (QED) is 0.537. The summed E-state index contributed by atoms with van der Waals surface area (Å²) in [5.41, 5.74) is 2.64. The number of carboxylic acids is 1. The number of hydrogen-bond acceptors (Lipinski definition) is 4. The molecule has 0 atom stereocenters. The average molecular weight is 393 g/mol. The van der Waals surface area contributed by atoms with Crippen LogP contribution in [0.5, 0.6) is 0 Å². The van der Waals surface area contributed by atoms with Gasteiger partial charge in [-0.05, 0) is 30.0 Å². The third kappa shape index (κ3) is 5.28. The van der Waals surface area contributed by atoms with Crippen LogP contribution in [-0.2, 0) is 19.4 Å². The fourth-order valence-corrected chi connectivity index (χ4v) is 3.28. The van der Waals surface area contributed by atoms with Crippen molar-refractivity contribution in [2.75, 3.05) is 0 Å². The third-order valence-corrected chi connectivity index (χ3v) is 4.91. The molecule has 3 rings (SSSR count). The maximum absolute atomic E-state index is 11.4. The lowest BCUT2D eigenvalue weighted by Gasteiger charge is -2.08. The van der Waals surface area contributed by atoms with Crippen LogP contribution in [0.2, 0.25) is 0 Å². The van der Waals surface area contributed by atoms with E-state index < -0.39 is 5.97 Å². The van der Waals surface area contributed by atoms with Crippen molar-refractivity contribution < 1.29 is 9.90 Å². The fourth-order valence-electron chi connectivity index (χ4n) is 3.28. The Labute approximate surface area is 171 Å². The van der Waals surface area contributed by atoms with Gasteiger partial charge < -0.3 is 5.11 Å². The van der Waals surface area contributed by atoms with Gasteiger partial charge in [0.05, 0.1) is 6.54 Å². The molecule has 152 valence electrons. The normalized spacial score (nSPS) is 11.0. The predicted octanol–water partition coefficient (Wildman–Crippen LogP) is 4.77. The number of pyridine rings is 1. The predicted molar refractivity (Wildman–Crippen MR) is 113 cm³/mol. The van der Waals surface area contributed by atoms with E-state index in [0.717, 1.165) is 61.3 Å². The first kappa shape index (κ1) is 20.7. The van der Waals surface area contributed by atoms with Gasteiger partial charge in [-0.1, -0.05) is 57.0 Å². The van der Waals surface area contributed by atoms with Crippen LogP contribution in [-0.4, -0.2) is 30.8 Å². The van der Waals surface area contributed by atoms with E-state index in [1.165, 1.54) is 6.20 Å². The molecule has 0 unspecified atom stereocenters. The molecule has 0 aliphatic carbocycles. The molecule has 0 spiro atoms. The van der Waals surface area contributed by atoms with Crippen molar-refractivity contribution in [3.05, 3.63) is 65.5 Å². The van der Waals surface area contributed by atoms with Gasteiger partial charge in [-0.25, -0.2) is 19.4 Å². The monoisotopic (exact) mass is 392 g/mol. The molecule has 0 saturated heterocycles. The second kappa shape index (κ2) is 9.96. The minimum Gasteiger partial charge on any atom is -0.476 e. The number of rotatable bonds is 10. The molecule has 0 amide bonds. The number of nitrogens with zero attached hydrogens (tertiary/aromatic N) is 4. The van der Waals surface area contributed by atoms with Gasteiger partial charge in [-0.2, -0.15) is 5.10 Å². The van der Waals surface area contributed by atoms with E-state index in [1.807, 2.05) is 28.9 Å². The number of aromatic carboxylic acids is 1. The minimum absolute atomic E-state index is 0.0685. The zero-order valence-corrected chi connectivity index (χ0v) is 17.1. The Hall–Kier alpha value is -3.02. The number of carbonyl (C=O) groups is 1. The van der Waals surface area contributed by atoms with Crippen LogP contribution in [0.1, 0.15) is 67.2 Å². The summed E-state index contributed by atoms with van der Waals surface area (Å²) < 4.78 is 2.02. The third-order valence-electron chi connectivity index (χ3n) is 4.91. The molecule has 0 fully saturated rings.